The SMILES string of the molecule is CC(C)c1nn(C)c(Oc2cnn(C(C)C)c2)c1N. The molecule has 2 aromatic rings. The van der Waals surface area contributed by atoms with E-state index in [1.807, 2.05) is 17.9 Å². The van der Waals surface area contributed by atoms with Gasteiger partial charge in [-0.3, -0.25) is 4.68 Å². The smallest absolute Gasteiger partial charge is 0.241 e. The van der Waals surface area contributed by atoms with Crippen LogP contribution < -0.4 is 10.5 Å². The first-order valence-electron chi connectivity index (χ1n) is 6.44. The molecule has 6 heteroatoms. The molecule has 2 heterocycles. The Labute approximate surface area is 113 Å². The van der Waals surface area contributed by atoms with Gasteiger partial charge in [-0.25, -0.2) is 4.68 Å². The molecule has 0 atom stereocenters. The van der Waals surface area contributed by atoms with Crippen molar-refractivity contribution < 1.29 is 4.74 Å². The molecule has 6 nitrogen and oxygen atoms in total. The predicted octanol–water partition coefficient (Wildman–Crippen LogP) is 2.70. The molecular weight excluding hydrogens is 242 g/mol. The van der Waals surface area contributed by atoms with Gasteiger partial charge in [0, 0.05) is 13.1 Å². The lowest BCUT2D eigenvalue weighted by atomic mass is 10.1. The third-order valence-electron chi connectivity index (χ3n) is 2.93. The molecule has 0 saturated carbocycles. The average Bonchev–Trinajstić information content (AvgIpc) is 2.89. The monoisotopic (exact) mass is 263 g/mol. The number of hydrogen-bond donors (Lipinski definition) is 1. The quantitative estimate of drug-likeness (QED) is 0.920. The van der Waals surface area contributed by atoms with Gasteiger partial charge in [-0.1, -0.05) is 13.8 Å². The van der Waals surface area contributed by atoms with Crippen molar-refractivity contribution in [3.63, 3.8) is 0 Å². The van der Waals surface area contributed by atoms with E-state index in [-0.39, 0.29) is 5.92 Å². The fourth-order valence-electron chi connectivity index (χ4n) is 1.86. The number of nitrogens with two attached hydrogens (primary N) is 1. The summed E-state index contributed by atoms with van der Waals surface area (Å²) in [7, 11) is 1.82. The second kappa shape index (κ2) is 4.95. The number of anilines is 1. The van der Waals surface area contributed by atoms with Crippen molar-refractivity contribution in [1.82, 2.24) is 19.6 Å². The number of aromatic nitrogens is 4. The number of nitrogen functional groups attached to an aromatic ring is 1. The zero-order valence-corrected chi connectivity index (χ0v) is 12.1. The minimum Gasteiger partial charge on any atom is -0.434 e. The third kappa shape index (κ3) is 2.57. The lowest BCUT2D eigenvalue weighted by Crippen LogP contribution is -2.00. The van der Waals surface area contributed by atoms with E-state index in [9.17, 15) is 0 Å². The maximum Gasteiger partial charge on any atom is 0.241 e. The summed E-state index contributed by atoms with van der Waals surface area (Å²) in [6.07, 6.45) is 3.54. The van der Waals surface area contributed by atoms with E-state index >= 15 is 0 Å². The largest absolute Gasteiger partial charge is 0.434 e. The van der Waals surface area contributed by atoms with Crippen LogP contribution in [0.1, 0.15) is 45.3 Å². The first-order valence-corrected chi connectivity index (χ1v) is 6.44. The summed E-state index contributed by atoms with van der Waals surface area (Å²) in [6, 6.07) is 0.299. The van der Waals surface area contributed by atoms with Gasteiger partial charge in [0.2, 0.25) is 5.88 Å². The molecule has 0 radical (unpaired) electrons. The van der Waals surface area contributed by atoms with Gasteiger partial charge < -0.3 is 10.5 Å². The van der Waals surface area contributed by atoms with E-state index in [4.69, 9.17) is 10.5 Å². The van der Waals surface area contributed by atoms with E-state index in [2.05, 4.69) is 37.9 Å². The minimum absolute atomic E-state index is 0.266. The van der Waals surface area contributed by atoms with Gasteiger partial charge in [0.25, 0.3) is 0 Å². The maximum absolute atomic E-state index is 6.08. The van der Waals surface area contributed by atoms with Crippen LogP contribution in [0.3, 0.4) is 0 Å². The maximum atomic E-state index is 6.08. The summed E-state index contributed by atoms with van der Waals surface area (Å²) in [5.41, 5.74) is 7.53. The van der Waals surface area contributed by atoms with Crippen molar-refractivity contribution in [3.05, 3.63) is 18.1 Å². The lowest BCUT2D eigenvalue weighted by Gasteiger charge is -2.05. The van der Waals surface area contributed by atoms with Crippen LogP contribution in [0.5, 0.6) is 11.6 Å². The van der Waals surface area contributed by atoms with Crippen LogP contribution in [0.2, 0.25) is 0 Å². The number of nitrogens with zero attached hydrogens (tertiary/aromatic N) is 4. The van der Waals surface area contributed by atoms with E-state index < -0.39 is 0 Å². The molecule has 104 valence electrons. The van der Waals surface area contributed by atoms with Crippen LogP contribution in [-0.4, -0.2) is 19.6 Å². The Morgan fingerprint density at radius 3 is 2.42 bits per heavy atom. The zero-order valence-electron chi connectivity index (χ0n) is 12.1. The Hall–Kier alpha value is -1.98. The molecule has 0 amide bonds. The molecule has 0 aliphatic rings. The standard InChI is InChI=1S/C13H21N5O/c1-8(2)12-11(14)13(17(5)16-12)19-10-6-15-18(7-10)9(3)4/h6-9H,14H2,1-5H3. The summed E-state index contributed by atoms with van der Waals surface area (Å²) < 4.78 is 9.30. The van der Waals surface area contributed by atoms with E-state index in [0.717, 1.165) is 5.69 Å². The van der Waals surface area contributed by atoms with Crippen LogP contribution in [0, 0.1) is 0 Å². The molecule has 0 saturated heterocycles. The predicted molar refractivity (Wildman–Crippen MR) is 74.4 cm³/mol. The highest BCUT2D eigenvalue weighted by Gasteiger charge is 2.18. The van der Waals surface area contributed by atoms with E-state index in [0.29, 0.717) is 23.4 Å². The number of hydrogen-bond acceptors (Lipinski definition) is 4. The fraction of sp³-hybridized carbons (Fsp3) is 0.538. The molecule has 0 aliphatic carbocycles. The van der Waals surface area contributed by atoms with Crippen LogP contribution >= 0.6 is 0 Å². The highest BCUT2D eigenvalue weighted by molar-refractivity contribution is 5.55. The molecule has 19 heavy (non-hydrogen) atoms. The fourth-order valence-corrected chi connectivity index (χ4v) is 1.86. The molecule has 2 N–H and O–H groups in total. The average molecular weight is 263 g/mol. The van der Waals surface area contributed by atoms with Crippen molar-refractivity contribution in [2.24, 2.45) is 7.05 Å². The number of aryl methyl sites for hydroxylation is 1. The molecule has 2 aromatic heterocycles. The topological polar surface area (TPSA) is 70.9 Å². The molecule has 0 aliphatic heterocycles. The summed E-state index contributed by atoms with van der Waals surface area (Å²) >= 11 is 0. The van der Waals surface area contributed by atoms with Crippen molar-refractivity contribution >= 4 is 5.69 Å². The molecule has 0 unspecified atom stereocenters. The van der Waals surface area contributed by atoms with Crippen LogP contribution in [0.15, 0.2) is 12.4 Å². The van der Waals surface area contributed by atoms with Crippen LogP contribution in [-0.2, 0) is 7.05 Å². The first-order chi connectivity index (χ1) is 8.90. The van der Waals surface area contributed by atoms with Gasteiger partial charge in [-0.05, 0) is 19.8 Å². The Morgan fingerprint density at radius 1 is 1.26 bits per heavy atom. The summed E-state index contributed by atoms with van der Waals surface area (Å²) in [4.78, 5) is 0. The zero-order chi connectivity index (χ0) is 14.2. The van der Waals surface area contributed by atoms with Gasteiger partial charge >= 0.3 is 0 Å². The summed E-state index contributed by atoms with van der Waals surface area (Å²) in [5.74, 6) is 1.49. The highest BCUT2D eigenvalue weighted by Crippen LogP contribution is 2.32. The van der Waals surface area contributed by atoms with Crippen molar-refractivity contribution in [1.29, 1.82) is 0 Å². The molecule has 0 aromatic carbocycles. The van der Waals surface area contributed by atoms with Crippen molar-refractivity contribution in [3.8, 4) is 11.6 Å². The van der Waals surface area contributed by atoms with Crippen LogP contribution in [0.25, 0.3) is 0 Å². The van der Waals surface area contributed by atoms with Gasteiger partial charge in [-0.15, -0.1) is 0 Å². The second-order valence-electron chi connectivity index (χ2n) is 5.23. The van der Waals surface area contributed by atoms with Gasteiger partial charge in [0.05, 0.1) is 18.1 Å². The van der Waals surface area contributed by atoms with Gasteiger partial charge in [0.15, 0.2) is 5.75 Å². The minimum atomic E-state index is 0.266. The van der Waals surface area contributed by atoms with E-state index in [1.165, 1.54) is 0 Å². The molecule has 0 fully saturated rings. The molecule has 0 bridgehead atoms. The highest BCUT2D eigenvalue weighted by atomic mass is 16.5. The molecule has 0 spiro atoms. The Morgan fingerprint density at radius 2 is 1.95 bits per heavy atom. The summed E-state index contributed by atoms with van der Waals surface area (Å²) in [6.45, 7) is 8.23. The number of ether oxygens (including phenoxy) is 1. The van der Waals surface area contributed by atoms with Gasteiger partial charge in [-0.2, -0.15) is 10.2 Å². The normalized spacial score (nSPS) is 11.5. The summed E-state index contributed by atoms with van der Waals surface area (Å²) in [5, 5.41) is 8.62. The lowest BCUT2D eigenvalue weighted by molar-refractivity contribution is 0.430. The third-order valence-corrected chi connectivity index (χ3v) is 2.93. The Balaban J connectivity index is 2.27. The van der Waals surface area contributed by atoms with Crippen LogP contribution in [0.4, 0.5) is 5.69 Å². The Kier molecular flexibility index (Phi) is 3.50. The Bertz CT molecular complexity index is 568. The molecule has 2 rings (SSSR count). The second-order valence-corrected chi connectivity index (χ2v) is 5.23. The molecular formula is C13H21N5O. The van der Waals surface area contributed by atoms with Gasteiger partial charge in [0.1, 0.15) is 5.69 Å². The van der Waals surface area contributed by atoms with Crippen molar-refractivity contribution in [2.75, 3.05) is 5.73 Å². The first kappa shape index (κ1) is 13.5. The number of rotatable bonds is 4. The van der Waals surface area contributed by atoms with E-state index in [1.54, 1.807) is 10.9 Å². The van der Waals surface area contributed by atoms with Crippen molar-refractivity contribution in [2.45, 2.75) is 39.7 Å².